The van der Waals surface area contributed by atoms with Crippen LogP contribution in [0.25, 0.3) is 12.2 Å². The Kier molecular flexibility index (Phi) is 12.9. The number of hydrogen-bond acceptors (Lipinski definition) is 1. The molecule has 17 heteroatoms. The Morgan fingerprint density at radius 3 is 0.738 bits per heavy atom. The van der Waals surface area contributed by atoms with Crippen LogP contribution >= 0.6 is 23.2 Å². The van der Waals surface area contributed by atoms with E-state index in [0.717, 1.165) is 97.1 Å². The van der Waals surface area contributed by atoms with Gasteiger partial charge in [0.15, 0.2) is 0 Å². The van der Waals surface area contributed by atoms with Crippen molar-refractivity contribution in [2.24, 2.45) is 0 Å². The highest BCUT2D eigenvalue weighted by Gasteiger charge is 2.50. The van der Waals surface area contributed by atoms with Crippen LogP contribution in [0.5, 0.6) is 0 Å². The molecule has 0 atom stereocenters. The summed E-state index contributed by atoms with van der Waals surface area (Å²) in [6, 6.07) is 27.2. The minimum absolute atomic E-state index is 0.0427. The van der Waals surface area contributed by atoms with Crippen molar-refractivity contribution in [3.05, 3.63) is 200 Å². The van der Waals surface area contributed by atoms with Gasteiger partial charge >= 0.3 is 24.7 Å². The van der Waals surface area contributed by atoms with Gasteiger partial charge in [0.2, 0.25) is 0 Å². The topological polar surface area (TPSA) is 9.23 Å². The van der Waals surface area contributed by atoms with Gasteiger partial charge in [0.05, 0.1) is 22.3 Å². The van der Waals surface area contributed by atoms with Crippen molar-refractivity contribution >= 4 is 72.7 Å². The molecule has 0 spiro atoms. The third kappa shape index (κ3) is 10.5. The van der Waals surface area contributed by atoms with E-state index in [1.807, 2.05) is 0 Å². The van der Waals surface area contributed by atoms with Crippen molar-refractivity contribution in [2.75, 3.05) is 0 Å². The van der Waals surface area contributed by atoms with Gasteiger partial charge in [-0.05, 0) is 56.1 Å². The van der Waals surface area contributed by atoms with E-state index in [9.17, 15) is 52.7 Å². The zero-order valence-corrected chi connectivity index (χ0v) is 34.4. The molecule has 0 aliphatic heterocycles. The first kappa shape index (κ1) is 45.5. The lowest BCUT2D eigenvalue weighted by Gasteiger charge is -2.41. The van der Waals surface area contributed by atoms with Crippen LogP contribution in [-0.4, -0.2) is 16.6 Å². The van der Waals surface area contributed by atoms with Crippen LogP contribution < -0.4 is 20.7 Å². The molecule has 0 aliphatic carbocycles. The quantitative estimate of drug-likeness (QED) is 0.0983. The molecule has 0 bridgehead atoms. The fourth-order valence-electron chi connectivity index (χ4n) is 6.48. The molecule has 0 amide bonds. The molecule has 6 aromatic rings. The van der Waals surface area contributed by atoms with E-state index >= 15 is 0 Å². The van der Waals surface area contributed by atoms with Crippen molar-refractivity contribution in [3.63, 3.8) is 0 Å². The minimum atomic E-state index is -4.82. The van der Waals surface area contributed by atoms with E-state index in [0.29, 0.717) is 21.2 Å². The summed E-state index contributed by atoms with van der Waals surface area (Å²) in [5.74, 6) is 0. The molecule has 0 fully saturated rings. The Bertz CT molecular complexity index is 2190. The Morgan fingerprint density at radius 2 is 0.541 bits per heavy atom. The van der Waals surface area contributed by atoms with Crippen molar-refractivity contribution in [3.8, 4) is 0 Å². The first-order valence-electron chi connectivity index (χ1n) is 17.8. The summed E-state index contributed by atoms with van der Waals surface area (Å²) in [4.78, 5) is 0. The molecule has 6 rings (SSSR count). The Hall–Kier alpha value is -5.07. The van der Waals surface area contributed by atoms with Crippen LogP contribution in [0.1, 0.15) is 33.4 Å². The molecule has 0 N–H and O–H groups in total. The normalized spacial score (nSPS) is 13.3. The molecule has 0 saturated carbocycles. The largest absolute Gasteiger partial charge is 0.436 e. The summed E-state index contributed by atoms with van der Waals surface area (Å²) >= 11 is 12.2. The molecule has 0 saturated heterocycles. The summed E-state index contributed by atoms with van der Waals surface area (Å²) in [5.41, 5.74) is -0.418. The van der Waals surface area contributed by atoms with Crippen molar-refractivity contribution in [1.29, 1.82) is 0 Å². The highest BCUT2D eigenvalue weighted by molar-refractivity contribution is 7.13. The van der Waals surface area contributed by atoms with Gasteiger partial charge in [-0.1, -0.05) is 168 Å². The van der Waals surface area contributed by atoms with Crippen LogP contribution in [0.4, 0.5) is 52.7 Å². The summed E-state index contributed by atoms with van der Waals surface area (Å²) in [6.45, 7) is 0. The Labute approximate surface area is 353 Å². The fraction of sp³-hybridized carbons (Fsp3) is 0.0909. The maximum absolute atomic E-state index is 14.0. The summed E-state index contributed by atoms with van der Waals surface area (Å²) in [5, 5.41) is 0.848. The second-order valence-electron chi connectivity index (χ2n) is 13.6. The van der Waals surface area contributed by atoms with Crippen LogP contribution in [0, 0.1) is 0 Å². The van der Waals surface area contributed by atoms with Crippen molar-refractivity contribution in [1.82, 2.24) is 0 Å². The van der Waals surface area contributed by atoms with E-state index in [1.165, 1.54) is 47.8 Å². The second-order valence-corrected chi connectivity index (χ2v) is 21.3. The molecule has 0 aliphatic rings. The second kappa shape index (κ2) is 17.4. The maximum atomic E-state index is 14.0. The Balaban J connectivity index is 1.76. The van der Waals surface area contributed by atoms with E-state index in [4.69, 9.17) is 27.3 Å². The zero-order chi connectivity index (χ0) is 44.4. The summed E-state index contributed by atoms with van der Waals surface area (Å²) < 4.78 is 176. The van der Waals surface area contributed by atoms with Crippen molar-refractivity contribution < 1.29 is 56.8 Å². The van der Waals surface area contributed by atoms with Crippen LogP contribution in [0.2, 0.25) is 10.0 Å². The number of halogens is 14. The monoisotopic (exact) mass is 926 g/mol. The fourth-order valence-corrected chi connectivity index (χ4v) is 16.1. The number of rotatable bonds is 10. The van der Waals surface area contributed by atoms with E-state index in [1.54, 1.807) is 24.3 Å². The highest BCUT2D eigenvalue weighted by atomic mass is 35.5. The molecule has 1 nitrogen and oxygen atoms in total. The first-order chi connectivity index (χ1) is 28.5. The molecule has 0 unspecified atom stereocenters. The van der Waals surface area contributed by atoms with E-state index in [2.05, 4.69) is 0 Å². The van der Waals surface area contributed by atoms with E-state index < -0.39 is 63.6 Å². The van der Waals surface area contributed by atoms with Gasteiger partial charge in [0.1, 0.15) is 0 Å². The van der Waals surface area contributed by atoms with Gasteiger partial charge in [-0.15, -0.1) is 0 Å². The SMILES string of the molecule is FC(F)(F)c1ccc([Si](/C=C/c2ccc(Cl)cc2)(O[Si](/C=C/c2ccc(Cl)cc2)(c2ccc(C(F)(F)F)cc2)c2ccc(C(F)(F)F)cc2)c2ccc(C(F)(F)F)cc2)cc1. The number of benzene rings is 6. The van der Waals surface area contributed by atoms with Crippen molar-refractivity contribution in [2.45, 2.75) is 24.7 Å². The third-order valence-electron chi connectivity index (χ3n) is 9.65. The van der Waals surface area contributed by atoms with Crippen LogP contribution in [0.3, 0.4) is 0 Å². The number of hydrogen-bond donors (Lipinski definition) is 0. The average Bonchev–Trinajstić information content (AvgIpc) is 3.21. The highest BCUT2D eigenvalue weighted by Crippen LogP contribution is 2.34. The molecule has 6 aromatic carbocycles. The van der Waals surface area contributed by atoms with Gasteiger partial charge in [0.25, 0.3) is 16.6 Å². The smallest absolute Gasteiger partial charge is 0.416 e. The van der Waals surface area contributed by atoms with Crippen LogP contribution in [-0.2, 0) is 28.8 Å². The molecule has 0 aromatic heterocycles. The minimum Gasteiger partial charge on any atom is -0.436 e. The van der Waals surface area contributed by atoms with E-state index in [-0.39, 0.29) is 20.7 Å². The lowest BCUT2D eigenvalue weighted by molar-refractivity contribution is -0.138. The van der Waals surface area contributed by atoms with Crippen LogP contribution in [0.15, 0.2) is 157 Å². The lowest BCUT2D eigenvalue weighted by atomic mass is 10.2. The lowest BCUT2D eigenvalue weighted by Crippen LogP contribution is -2.72. The van der Waals surface area contributed by atoms with Gasteiger partial charge in [0, 0.05) is 10.0 Å². The molecule has 316 valence electrons. The number of alkyl halides is 12. The van der Waals surface area contributed by atoms with Gasteiger partial charge in [-0.25, -0.2) is 0 Å². The molecule has 0 heterocycles. The standard InChI is InChI=1S/C44H28Cl2F12OSi2/c45-35-13-1-29(2-14-35)25-27-60(37-17-5-31(6-18-37)41(47,48)49,38-19-7-32(8-20-38)42(50,51)52)59-61(28-26-30-3-15-36(46)16-4-30,39-21-9-33(10-22-39)43(53,54)55)40-23-11-34(12-24-40)44(56,57)58/h1-28H/b27-25+,28-26+. The Morgan fingerprint density at radius 1 is 0.328 bits per heavy atom. The molecule has 0 radical (unpaired) electrons. The zero-order valence-electron chi connectivity index (χ0n) is 30.9. The predicted octanol–water partition coefficient (Wildman–Crippen LogP) is 12.4. The summed E-state index contributed by atoms with van der Waals surface area (Å²) in [7, 11) is -9.12. The molecular weight excluding hydrogens is 900 g/mol. The van der Waals surface area contributed by atoms with Gasteiger partial charge < -0.3 is 4.12 Å². The first-order valence-corrected chi connectivity index (χ1v) is 22.5. The average molecular weight is 928 g/mol. The molecule has 61 heavy (non-hydrogen) atoms. The van der Waals surface area contributed by atoms with Gasteiger partial charge in [-0.3, -0.25) is 0 Å². The summed E-state index contributed by atoms with van der Waals surface area (Å²) in [6.07, 6.45) is -16.3. The third-order valence-corrected chi connectivity index (χ3v) is 18.8. The maximum Gasteiger partial charge on any atom is 0.416 e. The molecular formula is C44H28Cl2F12OSi2. The predicted molar refractivity (Wildman–Crippen MR) is 218 cm³/mol. The van der Waals surface area contributed by atoms with Gasteiger partial charge in [-0.2, -0.15) is 52.7 Å².